The topological polar surface area (TPSA) is 86.8 Å². The van der Waals surface area contributed by atoms with Gasteiger partial charge in [0.15, 0.2) is 0 Å². The molecule has 0 radical (unpaired) electrons. The fourth-order valence-corrected chi connectivity index (χ4v) is 4.49. The summed E-state index contributed by atoms with van der Waals surface area (Å²) in [7, 11) is -3.75. The van der Waals surface area contributed by atoms with Gasteiger partial charge >= 0.3 is 0 Å². The summed E-state index contributed by atoms with van der Waals surface area (Å²) in [5.41, 5.74) is 3.68. The number of amides is 2. The second-order valence-corrected chi connectivity index (χ2v) is 11.9. The number of carbonyl (C=O) groups excluding carboxylic acids is 2. The quantitative estimate of drug-likeness (QED) is 0.615. The molecule has 2 amide bonds. The van der Waals surface area contributed by atoms with E-state index in [1.807, 2.05) is 71.9 Å². The van der Waals surface area contributed by atoms with E-state index in [4.69, 9.17) is 0 Å². The molecule has 0 spiro atoms. The molecule has 7 nitrogen and oxygen atoms in total. The zero-order valence-corrected chi connectivity index (χ0v) is 22.3. The molecule has 0 aliphatic rings. The fourth-order valence-electron chi connectivity index (χ4n) is 3.66. The van der Waals surface area contributed by atoms with Gasteiger partial charge in [0, 0.05) is 12.1 Å². The van der Waals surface area contributed by atoms with Gasteiger partial charge in [-0.15, -0.1) is 0 Å². The van der Waals surface area contributed by atoms with E-state index < -0.39 is 34.1 Å². The lowest BCUT2D eigenvalue weighted by Gasteiger charge is -2.33. The van der Waals surface area contributed by atoms with Gasteiger partial charge in [-0.3, -0.25) is 13.9 Å². The molecule has 2 aromatic rings. The number of rotatable bonds is 8. The van der Waals surface area contributed by atoms with Crippen LogP contribution in [0.3, 0.4) is 0 Å². The number of aryl methyl sites for hydroxylation is 3. The van der Waals surface area contributed by atoms with Crippen molar-refractivity contribution in [2.45, 2.75) is 66.6 Å². The Morgan fingerprint density at radius 2 is 1.47 bits per heavy atom. The maximum absolute atomic E-state index is 13.6. The summed E-state index contributed by atoms with van der Waals surface area (Å²) in [6.45, 7) is 12.8. The third-order valence-corrected chi connectivity index (χ3v) is 6.45. The minimum absolute atomic E-state index is 0.183. The smallest absolute Gasteiger partial charge is 0.244 e. The highest BCUT2D eigenvalue weighted by molar-refractivity contribution is 7.92. The SMILES string of the molecule is Cc1ccc(CN(C(=O)CN(c2cc(C)cc(C)c2)S(C)(=O)=O)[C@H](C)C(=O)NC(C)(C)C)cc1. The molecular weight excluding hydrogens is 450 g/mol. The van der Waals surface area contributed by atoms with Crippen molar-refractivity contribution in [1.29, 1.82) is 0 Å². The lowest BCUT2D eigenvalue weighted by atomic mass is 10.1. The molecule has 1 N–H and O–H groups in total. The molecule has 0 saturated heterocycles. The monoisotopic (exact) mass is 487 g/mol. The zero-order valence-electron chi connectivity index (χ0n) is 21.5. The van der Waals surface area contributed by atoms with Crippen molar-refractivity contribution in [1.82, 2.24) is 10.2 Å². The average molecular weight is 488 g/mol. The van der Waals surface area contributed by atoms with Gasteiger partial charge in [0.2, 0.25) is 21.8 Å². The highest BCUT2D eigenvalue weighted by atomic mass is 32.2. The summed E-state index contributed by atoms with van der Waals surface area (Å²) in [4.78, 5) is 28.0. The number of benzene rings is 2. The average Bonchev–Trinajstić information content (AvgIpc) is 2.68. The van der Waals surface area contributed by atoms with Crippen LogP contribution in [-0.2, 0) is 26.2 Å². The first-order valence-corrected chi connectivity index (χ1v) is 13.1. The highest BCUT2D eigenvalue weighted by Gasteiger charge is 2.31. The van der Waals surface area contributed by atoms with Crippen LogP contribution in [-0.4, -0.2) is 49.5 Å². The summed E-state index contributed by atoms with van der Waals surface area (Å²) >= 11 is 0. The molecule has 2 rings (SSSR count). The summed E-state index contributed by atoms with van der Waals surface area (Å²) in [5.74, 6) is -0.757. The second kappa shape index (κ2) is 10.6. The van der Waals surface area contributed by atoms with Gasteiger partial charge in [-0.05, 0) is 77.3 Å². The molecule has 0 unspecified atom stereocenters. The summed E-state index contributed by atoms with van der Waals surface area (Å²) in [6.07, 6.45) is 1.08. The Morgan fingerprint density at radius 1 is 0.941 bits per heavy atom. The molecule has 0 fully saturated rings. The van der Waals surface area contributed by atoms with Gasteiger partial charge in [-0.2, -0.15) is 0 Å². The molecule has 0 aliphatic heterocycles. The Kier molecular flexibility index (Phi) is 8.53. The van der Waals surface area contributed by atoms with Crippen molar-refractivity contribution in [3.8, 4) is 0 Å². The Balaban J connectivity index is 2.43. The van der Waals surface area contributed by atoms with Crippen LogP contribution in [0.25, 0.3) is 0 Å². The van der Waals surface area contributed by atoms with Crippen LogP contribution in [0, 0.1) is 20.8 Å². The molecule has 1 atom stereocenters. The van der Waals surface area contributed by atoms with Crippen molar-refractivity contribution in [2.24, 2.45) is 0 Å². The third-order valence-electron chi connectivity index (χ3n) is 5.31. The van der Waals surface area contributed by atoms with Gasteiger partial charge < -0.3 is 10.2 Å². The normalized spacial score (nSPS) is 12.7. The lowest BCUT2D eigenvalue weighted by molar-refractivity contribution is -0.140. The van der Waals surface area contributed by atoms with Crippen molar-refractivity contribution in [3.05, 3.63) is 64.7 Å². The first kappa shape index (κ1) is 27.4. The van der Waals surface area contributed by atoms with E-state index in [0.717, 1.165) is 32.8 Å². The van der Waals surface area contributed by atoms with Gasteiger partial charge in [0.1, 0.15) is 12.6 Å². The van der Waals surface area contributed by atoms with Crippen LogP contribution in [0.2, 0.25) is 0 Å². The number of hydrogen-bond acceptors (Lipinski definition) is 4. The van der Waals surface area contributed by atoms with Crippen LogP contribution >= 0.6 is 0 Å². The molecule has 0 heterocycles. The molecule has 8 heteroatoms. The van der Waals surface area contributed by atoms with E-state index in [1.54, 1.807) is 19.1 Å². The zero-order chi connectivity index (χ0) is 25.8. The van der Waals surface area contributed by atoms with Crippen LogP contribution in [0.5, 0.6) is 0 Å². The Labute approximate surface area is 204 Å². The molecule has 0 bridgehead atoms. The van der Waals surface area contributed by atoms with Crippen molar-refractivity contribution in [3.63, 3.8) is 0 Å². The molecule has 34 heavy (non-hydrogen) atoms. The molecule has 0 saturated carbocycles. The van der Waals surface area contributed by atoms with E-state index in [-0.39, 0.29) is 12.5 Å². The first-order valence-electron chi connectivity index (χ1n) is 11.3. The van der Waals surface area contributed by atoms with Crippen LogP contribution in [0.15, 0.2) is 42.5 Å². The largest absolute Gasteiger partial charge is 0.350 e. The van der Waals surface area contributed by atoms with Crippen LogP contribution in [0.1, 0.15) is 49.9 Å². The van der Waals surface area contributed by atoms with E-state index in [0.29, 0.717) is 5.69 Å². The predicted molar refractivity (Wildman–Crippen MR) is 137 cm³/mol. The molecule has 0 aliphatic carbocycles. The van der Waals surface area contributed by atoms with Gasteiger partial charge in [0.25, 0.3) is 0 Å². The van der Waals surface area contributed by atoms with Gasteiger partial charge in [0.05, 0.1) is 11.9 Å². The van der Waals surface area contributed by atoms with Crippen molar-refractivity contribution in [2.75, 3.05) is 17.1 Å². The van der Waals surface area contributed by atoms with Gasteiger partial charge in [-0.25, -0.2) is 8.42 Å². The minimum atomic E-state index is -3.75. The highest BCUT2D eigenvalue weighted by Crippen LogP contribution is 2.22. The van der Waals surface area contributed by atoms with Gasteiger partial charge in [-0.1, -0.05) is 35.9 Å². The van der Waals surface area contributed by atoms with Crippen molar-refractivity contribution < 1.29 is 18.0 Å². The van der Waals surface area contributed by atoms with E-state index in [2.05, 4.69) is 5.32 Å². The van der Waals surface area contributed by atoms with Crippen LogP contribution in [0.4, 0.5) is 5.69 Å². The Hall–Kier alpha value is -2.87. The molecule has 0 aromatic heterocycles. The molecular formula is C26H37N3O4S. The number of nitrogens with zero attached hydrogens (tertiary/aromatic N) is 2. The summed E-state index contributed by atoms with van der Waals surface area (Å²) < 4.78 is 26.5. The standard InChI is InChI=1S/C26H37N3O4S/c1-18-9-11-22(12-10-18)16-28(21(4)25(31)27-26(5,6)7)24(30)17-29(34(8,32)33)23-14-19(2)13-20(3)15-23/h9-15,21H,16-17H2,1-8H3,(H,27,31)/t21-/m1/s1. The number of nitrogens with one attached hydrogen (secondary N) is 1. The minimum Gasteiger partial charge on any atom is -0.350 e. The predicted octanol–water partition coefficient (Wildman–Crippen LogP) is 3.71. The maximum atomic E-state index is 13.6. The second-order valence-electron chi connectivity index (χ2n) is 10.0. The summed E-state index contributed by atoms with van der Waals surface area (Å²) in [5, 5.41) is 2.91. The van der Waals surface area contributed by atoms with Crippen LogP contribution < -0.4 is 9.62 Å². The third kappa shape index (κ3) is 7.87. The molecule has 186 valence electrons. The number of anilines is 1. The fraction of sp³-hybridized carbons (Fsp3) is 0.462. The molecule has 2 aromatic carbocycles. The number of carbonyl (C=O) groups is 2. The lowest BCUT2D eigenvalue weighted by Crippen LogP contribution is -2.54. The van der Waals surface area contributed by atoms with E-state index in [9.17, 15) is 18.0 Å². The Bertz CT molecular complexity index is 1120. The number of hydrogen-bond donors (Lipinski definition) is 1. The van der Waals surface area contributed by atoms with Crippen molar-refractivity contribution >= 4 is 27.5 Å². The number of sulfonamides is 1. The summed E-state index contributed by atoms with van der Waals surface area (Å²) in [6, 6.07) is 12.3. The maximum Gasteiger partial charge on any atom is 0.244 e. The Morgan fingerprint density at radius 3 is 1.94 bits per heavy atom. The van der Waals surface area contributed by atoms with E-state index in [1.165, 1.54) is 4.90 Å². The van der Waals surface area contributed by atoms with E-state index >= 15 is 0 Å². The first-order chi connectivity index (χ1) is 15.6.